The van der Waals surface area contributed by atoms with Crippen LogP contribution in [0.3, 0.4) is 0 Å². The second-order valence-corrected chi connectivity index (χ2v) is 8.49. The predicted molar refractivity (Wildman–Crippen MR) is 94.2 cm³/mol. The van der Waals surface area contributed by atoms with Crippen molar-refractivity contribution in [2.45, 2.75) is 6.92 Å². The molecule has 0 aliphatic rings. The Balaban J connectivity index is 2.34. The molecule has 0 bridgehead atoms. The van der Waals surface area contributed by atoms with E-state index in [1.807, 2.05) is 12.1 Å². The molecule has 0 spiro atoms. The van der Waals surface area contributed by atoms with Crippen LogP contribution >= 0.6 is 0 Å². The Morgan fingerprint density at radius 1 is 0.682 bits per heavy atom. The summed E-state index contributed by atoms with van der Waals surface area (Å²) in [5.74, 6) is 0. The van der Waals surface area contributed by atoms with Crippen LogP contribution in [0.2, 0.25) is 0 Å². The highest BCUT2D eigenvalue weighted by atomic mass is 28.4. The molecule has 112 valence electrons. The lowest BCUT2D eigenvalue weighted by Gasteiger charge is -2.30. The van der Waals surface area contributed by atoms with Crippen LogP contribution in [0.4, 0.5) is 0 Å². The van der Waals surface area contributed by atoms with Gasteiger partial charge >= 0.3 is 8.56 Å². The third-order valence-corrected chi connectivity index (χ3v) is 7.78. The van der Waals surface area contributed by atoms with Gasteiger partial charge in [-0.15, -0.1) is 0 Å². The molecule has 0 N–H and O–H groups in total. The van der Waals surface area contributed by atoms with Gasteiger partial charge in [0, 0.05) is 24.6 Å². The first-order chi connectivity index (χ1) is 10.7. The Kier molecular flexibility index (Phi) is 4.11. The highest BCUT2D eigenvalue weighted by Crippen LogP contribution is 2.18. The number of rotatable bonds is 4. The maximum absolute atomic E-state index is 6.06. The first-order valence-electron chi connectivity index (χ1n) is 7.37. The summed E-state index contributed by atoms with van der Waals surface area (Å²) in [4.78, 5) is 0. The summed E-state index contributed by atoms with van der Waals surface area (Å²) >= 11 is 0. The fraction of sp³-hybridized carbons (Fsp3) is 0.158. The van der Waals surface area contributed by atoms with Crippen LogP contribution < -0.4 is 10.4 Å². The summed E-state index contributed by atoms with van der Waals surface area (Å²) in [6, 6.07) is 23.1. The van der Waals surface area contributed by atoms with Crippen molar-refractivity contribution in [2.24, 2.45) is 0 Å². The van der Waals surface area contributed by atoms with E-state index in [-0.39, 0.29) is 0 Å². The molecule has 3 aromatic rings. The standard InChI is InChI=1S/C19H20O2Si/c1-15-9-4-7-13-18(15)22(20-2,21-3)19-14-8-11-16-10-5-6-12-17(16)19/h4-14H,1-3H3. The molecule has 0 saturated heterocycles. The molecule has 0 atom stereocenters. The number of fused-ring (bicyclic) bond motifs is 1. The number of benzene rings is 3. The monoisotopic (exact) mass is 308 g/mol. The molecular weight excluding hydrogens is 288 g/mol. The molecule has 2 nitrogen and oxygen atoms in total. The second kappa shape index (κ2) is 6.05. The van der Waals surface area contributed by atoms with Crippen LogP contribution in [0.15, 0.2) is 66.7 Å². The molecule has 0 amide bonds. The topological polar surface area (TPSA) is 18.5 Å². The molecule has 0 radical (unpaired) electrons. The van der Waals surface area contributed by atoms with Crippen molar-refractivity contribution in [3.05, 3.63) is 72.3 Å². The van der Waals surface area contributed by atoms with Crippen molar-refractivity contribution in [1.29, 1.82) is 0 Å². The zero-order valence-corrected chi connectivity index (χ0v) is 14.2. The Morgan fingerprint density at radius 2 is 1.27 bits per heavy atom. The highest BCUT2D eigenvalue weighted by Gasteiger charge is 2.42. The Bertz CT molecular complexity index is 789. The van der Waals surface area contributed by atoms with Gasteiger partial charge in [-0.1, -0.05) is 66.7 Å². The third-order valence-electron chi connectivity index (χ3n) is 4.22. The largest absolute Gasteiger partial charge is 0.407 e. The molecule has 0 aliphatic carbocycles. The van der Waals surface area contributed by atoms with Crippen molar-refractivity contribution in [3.8, 4) is 0 Å². The summed E-state index contributed by atoms with van der Waals surface area (Å²) in [5, 5.41) is 4.73. The fourth-order valence-electron chi connectivity index (χ4n) is 3.12. The maximum atomic E-state index is 6.06. The lowest BCUT2D eigenvalue weighted by Crippen LogP contribution is -2.63. The van der Waals surface area contributed by atoms with E-state index in [2.05, 4.69) is 61.5 Å². The zero-order chi connectivity index (χ0) is 15.6. The molecule has 0 heterocycles. The average Bonchev–Trinajstić information content (AvgIpc) is 2.58. The highest BCUT2D eigenvalue weighted by molar-refractivity contribution is 6.94. The minimum Gasteiger partial charge on any atom is -0.391 e. The summed E-state index contributed by atoms with van der Waals surface area (Å²) in [5.41, 5.74) is 1.20. The Hall–Kier alpha value is -1.94. The van der Waals surface area contributed by atoms with Gasteiger partial charge < -0.3 is 8.85 Å². The fourth-order valence-corrected chi connectivity index (χ4v) is 6.28. The SMILES string of the molecule is CO[Si](OC)(c1ccccc1C)c1cccc2ccccc12. The maximum Gasteiger partial charge on any atom is 0.407 e. The van der Waals surface area contributed by atoms with E-state index in [0.29, 0.717) is 0 Å². The molecule has 0 fully saturated rings. The van der Waals surface area contributed by atoms with Crippen LogP contribution in [0.5, 0.6) is 0 Å². The quantitative estimate of drug-likeness (QED) is 0.690. The van der Waals surface area contributed by atoms with Gasteiger partial charge in [0.25, 0.3) is 0 Å². The summed E-state index contributed by atoms with van der Waals surface area (Å²) in [7, 11) is 0.803. The lowest BCUT2D eigenvalue weighted by molar-refractivity contribution is 0.273. The molecule has 3 rings (SSSR count). The smallest absolute Gasteiger partial charge is 0.391 e. The number of hydrogen-bond donors (Lipinski definition) is 0. The van der Waals surface area contributed by atoms with Crippen molar-refractivity contribution in [2.75, 3.05) is 14.2 Å². The first-order valence-corrected chi connectivity index (χ1v) is 9.19. The number of hydrogen-bond acceptors (Lipinski definition) is 2. The van der Waals surface area contributed by atoms with Crippen LogP contribution in [0.25, 0.3) is 10.8 Å². The molecule has 0 aliphatic heterocycles. The molecule has 22 heavy (non-hydrogen) atoms. The van der Waals surface area contributed by atoms with Gasteiger partial charge in [0.15, 0.2) is 0 Å². The van der Waals surface area contributed by atoms with E-state index in [1.165, 1.54) is 16.3 Å². The van der Waals surface area contributed by atoms with Crippen molar-refractivity contribution in [3.63, 3.8) is 0 Å². The van der Waals surface area contributed by atoms with Crippen LogP contribution in [-0.4, -0.2) is 22.8 Å². The van der Waals surface area contributed by atoms with Gasteiger partial charge in [-0.2, -0.15) is 0 Å². The minimum absolute atomic E-state index is 1.16. The van der Waals surface area contributed by atoms with Gasteiger partial charge in [-0.3, -0.25) is 0 Å². The Labute approximate surface area is 132 Å². The van der Waals surface area contributed by atoms with Crippen LogP contribution in [0.1, 0.15) is 5.56 Å². The summed E-state index contributed by atoms with van der Waals surface area (Å²) < 4.78 is 12.1. The van der Waals surface area contributed by atoms with Crippen LogP contribution in [0, 0.1) is 6.92 Å². The van der Waals surface area contributed by atoms with Gasteiger partial charge in [-0.25, -0.2) is 0 Å². The molecule has 3 heteroatoms. The lowest BCUT2D eigenvalue weighted by atomic mass is 10.1. The average molecular weight is 308 g/mol. The molecule has 0 saturated carbocycles. The van der Waals surface area contributed by atoms with E-state index in [0.717, 1.165) is 10.4 Å². The normalized spacial score (nSPS) is 11.8. The summed E-state index contributed by atoms with van der Waals surface area (Å²) in [6.07, 6.45) is 0. The zero-order valence-electron chi connectivity index (χ0n) is 13.2. The molecule has 3 aromatic carbocycles. The first kappa shape index (κ1) is 15.0. The third kappa shape index (κ3) is 2.27. The van der Waals surface area contributed by atoms with E-state index < -0.39 is 8.56 Å². The van der Waals surface area contributed by atoms with E-state index >= 15 is 0 Å². The molecule has 0 aromatic heterocycles. The van der Waals surface area contributed by atoms with Gasteiger partial charge in [-0.05, 0) is 23.3 Å². The van der Waals surface area contributed by atoms with Gasteiger partial charge in [0.1, 0.15) is 0 Å². The molecular formula is C19H20O2Si. The van der Waals surface area contributed by atoms with Crippen molar-refractivity contribution in [1.82, 2.24) is 0 Å². The summed E-state index contributed by atoms with van der Waals surface area (Å²) in [6.45, 7) is 2.11. The van der Waals surface area contributed by atoms with Crippen LogP contribution in [-0.2, 0) is 8.85 Å². The van der Waals surface area contributed by atoms with E-state index in [9.17, 15) is 0 Å². The number of aryl methyl sites for hydroxylation is 1. The predicted octanol–water partition coefficient (Wildman–Crippen LogP) is 3.00. The van der Waals surface area contributed by atoms with E-state index in [4.69, 9.17) is 8.85 Å². The molecule has 0 unspecified atom stereocenters. The van der Waals surface area contributed by atoms with Gasteiger partial charge in [0.05, 0.1) is 0 Å². The van der Waals surface area contributed by atoms with E-state index in [1.54, 1.807) is 14.2 Å². The Morgan fingerprint density at radius 3 is 2.00 bits per heavy atom. The second-order valence-electron chi connectivity index (χ2n) is 5.37. The van der Waals surface area contributed by atoms with Crippen molar-refractivity contribution < 1.29 is 8.85 Å². The van der Waals surface area contributed by atoms with Gasteiger partial charge in [0.2, 0.25) is 0 Å². The minimum atomic E-state index is -2.70. The van der Waals surface area contributed by atoms with Crippen molar-refractivity contribution >= 4 is 29.7 Å².